The van der Waals surface area contributed by atoms with E-state index in [-0.39, 0.29) is 12.4 Å². The van der Waals surface area contributed by atoms with Crippen molar-refractivity contribution in [3.63, 3.8) is 0 Å². The molecular weight excluding hydrogens is 255 g/mol. The second-order valence-electron chi connectivity index (χ2n) is 6.08. The number of hydrogen-bond donors (Lipinski definition) is 1. The maximum Gasteiger partial charge on any atom is 0.130 e. The number of piperidine rings is 2. The Morgan fingerprint density at radius 3 is 2.95 bits per heavy atom. The van der Waals surface area contributed by atoms with Crippen LogP contribution in [0.1, 0.15) is 24.8 Å². The number of likely N-dealkylation sites (tertiary alicyclic amines) is 1. The molecule has 1 N–H and O–H groups in total. The van der Waals surface area contributed by atoms with E-state index in [1.807, 2.05) is 6.07 Å². The smallest absolute Gasteiger partial charge is 0.130 e. The Bertz CT molecular complexity index is 480. The fraction of sp³-hybridized carbons (Fsp3) is 0.625. The zero-order valence-corrected chi connectivity index (χ0v) is 12.1. The number of aliphatic hydroxyl groups excluding tert-OH is 1. The van der Waals surface area contributed by atoms with Gasteiger partial charge in [0.05, 0.1) is 6.61 Å². The largest absolute Gasteiger partial charge is 0.391 e. The number of fused-ring (bicyclic) bond motifs is 1. The van der Waals surface area contributed by atoms with Crippen molar-refractivity contribution in [1.82, 2.24) is 4.90 Å². The number of nitrogens with zero attached hydrogens (tertiary/aromatic N) is 2. The molecule has 1 aromatic carbocycles. The van der Waals surface area contributed by atoms with Gasteiger partial charge in [0, 0.05) is 30.4 Å². The van der Waals surface area contributed by atoms with E-state index in [1.54, 1.807) is 6.07 Å². The first-order valence-corrected chi connectivity index (χ1v) is 7.54. The molecule has 0 radical (unpaired) electrons. The molecule has 2 aliphatic rings. The Balaban J connectivity index is 1.81. The Kier molecular flexibility index (Phi) is 3.94. The van der Waals surface area contributed by atoms with Crippen LogP contribution in [-0.4, -0.2) is 42.7 Å². The molecule has 3 rings (SSSR count). The van der Waals surface area contributed by atoms with Crippen LogP contribution in [-0.2, 0) is 6.61 Å². The molecule has 0 bridgehead atoms. The SMILES string of the molecule is CN1CCCC2CN(c3cccc(F)c3CO)CCC21. The molecule has 0 saturated carbocycles. The molecule has 4 heteroatoms. The molecule has 2 heterocycles. The number of rotatable bonds is 2. The van der Waals surface area contributed by atoms with Crippen molar-refractivity contribution >= 4 is 5.69 Å². The maximum atomic E-state index is 13.8. The molecule has 0 amide bonds. The van der Waals surface area contributed by atoms with E-state index in [4.69, 9.17) is 0 Å². The lowest BCUT2D eigenvalue weighted by Gasteiger charge is -2.47. The van der Waals surface area contributed by atoms with Gasteiger partial charge in [-0.25, -0.2) is 4.39 Å². The second-order valence-corrected chi connectivity index (χ2v) is 6.08. The minimum atomic E-state index is -0.298. The predicted octanol–water partition coefficient (Wildman–Crippen LogP) is 2.24. The van der Waals surface area contributed by atoms with Crippen molar-refractivity contribution in [3.05, 3.63) is 29.6 Å². The number of hydrogen-bond acceptors (Lipinski definition) is 3. The molecule has 20 heavy (non-hydrogen) atoms. The van der Waals surface area contributed by atoms with Gasteiger partial charge in [0.25, 0.3) is 0 Å². The van der Waals surface area contributed by atoms with E-state index in [9.17, 15) is 9.50 Å². The molecule has 1 aromatic rings. The van der Waals surface area contributed by atoms with Crippen molar-refractivity contribution < 1.29 is 9.50 Å². The average molecular weight is 278 g/mol. The van der Waals surface area contributed by atoms with Crippen LogP contribution in [0.15, 0.2) is 18.2 Å². The quantitative estimate of drug-likeness (QED) is 0.899. The second kappa shape index (κ2) is 5.70. The van der Waals surface area contributed by atoms with Crippen LogP contribution < -0.4 is 4.90 Å². The predicted molar refractivity (Wildman–Crippen MR) is 78.3 cm³/mol. The zero-order valence-electron chi connectivity index (χ0n) is 12.1. The van der Waals surface area contributed by atoms with Gasteiger partial charge in [-0.2, -0.15) is 0 Å². The fourth-order valence-electron chi connectivity index (χ4n) is 3.87. The van der Waals surface area contributed by atoms with Gasteiger partial charge >= 0.3 is 0 Å². The van der Waals surface area contributed by atoms with E-state index in [0.717, 1.165) is 25.2 Å². The summed E-state index contributed by atoms with van der Waals surface area (Å²) in [6.07, 6.45) is 3.64. The summed E-state index contributed by atoms with van der Waals surface area (Å²) in [5, 5.41) is 9.43. The molecule has 0 aliphatic carbocycles. The first-order chi connectivity index (χ1) is 9.70. The normalized spacial score (nSPS) is 27.4. The Morgan fingerprint density at radius 1 is 1.30 bits per heavy atom. The third-order valence-electron chi connectivity index (χ3n) is 4.94. The van der Waals surface area contributed by atoms with E-state index >= 15 is 0 Å². The molecule has 2 fully saturated rings. The van der Waals surface area contributed by atoms with E-state index in [0.29, 0.717) is 17.5 Å². The fourth-order valence-corrected chi connectivity index (χ4v) is 3.87. The summed E-state index contributed by atoms with van der Waals surface area (Å²) < 4.78 is 13.8. The Hall–Kier alpha value is -1.13. The van der Waals surface area contributed by atoms with Crippen LogP contribution in [0.25, 0.3) is 0 Å². The minimum absolute atomic E-state index is 0.230. The Labute approximate surface area is 120 Å². The molecule has 0 spiro atoms. The molecule has 2 atom stereocenters. The van der Waals surface area contributed by atoms with Crippen molar-refractivity contribution in [2.75, 3.05) is 31.6 Å². The van der Waals surface area contributed by atoms with Crippen LogP contribution in [0.3, 0.4) is 0 Å². The number of anilines is 1. The summed E-state index contributed by atoms with van der Waals surface area (Å²) in [5.41, 5.74) is 1.31. The van der Waals surface area contributed by atoms with Crippen LogP contribution in [0.5, 0.6) is 0 Å². The highest BCUT2D eigenvalue weighted by molar-refractivity contribution is 5.54. The van der Waals surface area contributed by atoms with Gasteiger partial charge in [-0.3, -0.25) is 0 Å². The first-order valence-electron chi connectivity index (χ1n) is 7.54. The van der Waals surface area contributed by atoms with Gasteiger partial charge in [0.15, 0.2) is 0 Å². The average Bonchev–Trinajstić information content (AvgIpc) is 2.47. The van der Waals surface area contributed by atoms with Gasteiger partial charge in [0.2, 0.25) is 0 Å². The molecule has 2 saturated heterocycles. The number of aliphatic hydroxyl groups is 1. The van der Waals surface area contributed by atoms with Crippen molar-refractivity contribution in [1.29, 1.82) is 0 Å². The summed E-state index contributed by atoms with van der Waals surface area (Å²) in [4.78, 5) is 4.74. The molecular formula is C16H23FN2O. The summed E-state index contributed by atoms with van der Waals surface area (Å²) in [7, 11) is 2.22. The molecule has 2 aliphatic heterocycles. The molecule has 2 unspecified atom stereocenters. The molecule has 3 nitrogen and oxygen atoms in total. The van der Waals surface area contributed by atoms with Crippen LogP contribution in [0.2, 0.25) is 0 Å². The number of halogens is 1. The summed E-state index contributed by atoms with van der Waals surface area (Å²) in [5.74, 6) is 0.366. The van der Waals surface area contributed by atoms with Crippen molar-refractivity contribution in [2.24, 2.45) is 5.92 Å². The summed E-state index contributed by atoms with van der Waals surface area (Å²) >= 11 is 0. The van der Waals surface area contributed by atoms with Gasteiger partial charge in [-0.15, -0.1) is 0 Å². The van der Waals surface area contributed by atoms with Crippen LogP contribution in [0, 0.1) is 11.7 Å². The van der Waals surface area contributed by atoms with Crippen LogP contribution >= 0.6 is 0 Å². The lowest BCUT2D eigenvalue weighted by Crippen LogP contribution is -2.52. The molecule has 110 valence electrons. The first kappa shape index (κ1) is 13.8. The van der Waals surface area contributed by atoms with Gasteiger partial charge in [0.1, 0.15) is 5.82 Å². The highest BCUT2D eigenvalue weighted by atomic mass is 19.1. The standard InChI is InChI=1S/C16H23FN2O/c1-18-8-3-4-12-10-19(9-7-15(12)18)16-6-2-5-14(17)13(16)11-20/h2,5-6,12,15,20H,3-4,7-11H2,1H3. The monoisotopic (exact) mass is 278 g/mol. The number of benzene rings is 1. The minimum Gasteiger partial charge on any atom is -0.391 e. The molecule has 0 aromatic heterocycles. The van der Waals surface area contributed by atoms with Crippen molar-refractivity contribution in [3.8, 4) is 0 Å². The maximum absolute atomic E-state index is 13.8. The third kappa shape index (κ3) is 2.42. The van der Waals surface area contributed by atoms with Crippen LogP contribution in [0.4, 0.5) is 10.1 Å². The van der Waals surface area contributed by atoms with E-state index in [1.165, 1.54) is 25.5 Å². The zero-order chi connectivity index (χ0) is 14.1. The topological polar surface area (TPSA) is 26.7 Å². The highest BCUT2D eigenvalue weighted by Gasteiger charge is 2.34. The van der Waals surface area contributed by atoms with E-state index < -0.39 is 0 Å². The van der Waals surface area contributed by atoms with Gasteiger partial charge < -0.3 is 14.9 Å². The van der Waals surface area contributed by atoms with E-state index in [2.05, 4.69) is 16.8 Å². The lowest BCUT2D eigenvalue weighted by molar-refractivity contribution is 0.102. The summed E-state index contributed by atoms with van der Waals surface area (Å²) in [6, 6.07) is 5.77. The summed E-state index contributed by atoms with van der Waals surface area (Å²) in [6.45, 7) is 2.89. The van der Waals surface area contributed by atoms with Gasteiger partial charge in [-0.05, 0) is 50.9 Å². The third-order valence-corrected chi connectivity index (χ3v) is 4.94. The Morgan fingerprint density at radius 2 is 2.15 bits per heavy atom. The van der Waals surface area contributed by atoms with Gasteiger partial charge in [-0.1, -0.05) is 6.07 Å². The van der Waals surface area contributed by atoms with Crippen molar-refractivity contribution in [2.45, 2.75) is 31.9 Å². The lowest BCUT2D eigenvalue weighted by atomic mass is 9.84. The highest BCUT2D eigenvalue weighted by Crippen LogP contribution is 2.33.